The highest BCUT2D eigenvalue weighted by atomic mass is 16.4. The third-order valence-corrected chi connectivity index (χ3v) is 3.73. The quantitative estimate of drug-likeness (QED) is 0.733. The van der Waals surface area contributed by atoms with Crippen LogP contribution in [0.2, 0.25) is 0 Å². The molecular weight excluding hydrogens is 190 g/mol. The molecule has 1 aromatic carbocycles. The molecular formula is C12H15NO2. The molecule has 0 aliphatic heterocycles. The van der Waals surface area contributed by atoms with Crippen LogP contribution in [0.3, 0.4) is 0 Å². The van der Waals surface area contributed by atoms with Gasteiger partial charge in [0.2, 0.25) is 0 Å². The van der Waals surface area contributed by atoms with Crippen molar-refractivity contribution in [1.29, 1.82) is 0 Å². The summed E-state index contributed by atoms with van der Waals surface area (Å²) in [6, 6.07) is 7.79. The van der Waals surface area contributed by atoms with Crippen molar-refractivity contribution >= 4 is 5.97 Å². The molecule has 0 fully saturated rings. The monoisotopic (exact) mass is 205 g/mol. The molecule has 1 aliphatic carbocycles. The van der Waals surface area contributed by atoms with Crippen molar-refractivity contribution in [2.75, 3.05) is 0 Å². The maximum atomic E-state index is 11.3. The van der Waals surface area contributed by atoms with Gasteiger partial charge in [0.15, 0.2) is 0 Å². The molecule has 15 heavy (non-hydrogen) atoms. The molecule has 0 aromatic heterocycles. The van der Waals surface area contributed by atoms with E-state index in [1.54, 1.807) is 0 Å². The molecule has 0 amide bonds. The number of aliphatic carboxylic acids is 1. The second-order valence-corrected chi connectivity index (χ2v) is 4.31. The minimum absolute atomic E-state index is 0.138. The van der Waals surface area contributed by atoms with E-state index in [2.05, 4.69) is 0 Å². The van der Waals surface area contributed by atoms with Gasteiger partial charge in [-0.25, -0.2) is 0 Å². The highest BCUT2D eigenvalue weighted by molar-refractivity contribution is 5.83. The summed E-state index contributed by atoms with van der Waals surface area (Å²) in [6.45, 7) is 3.77. The second kappa shape index (κ2) is 3.07. The van der Waals surface area contributed by atoms with Crippen LogP contribution in [-0.4, -0.2) is 16.6 Å². The van der Waals surface area contributed by atoms with Crippen LogP contribution in [0.1, 0.15) is 36.8 Å². The lowest BCUT2D eigenvalue weighted by Gasteiger charge is -2.28. The molecule has 1 aliphatic rings. The van der Waals surface area contributed by atoms with Crippen LogP contribution in [0.5, 0.6) is 0 Å². The van der Waals surface area contributed by atoms with Crippen molar-refractivity contribution < 1.29 is 9.90 Å². The van der Waals surface area contributed by atoms with E-state index in [1.165, 1.54) is 0 Å². The lowest BCUT2D eigenvalue weighted by molar-refractivity contribution is -0.144. The molecule has 3 N–H and O–H groups in total. The summed E-state index contributed by atoms with van der Waals surface area (Å²) in [5.41, 5.74) is 7.01. The van der Waals surface area contributed by atoms with Crippen LogP contribution in [0.4, 0.5) is 0 Å². The second-order valence-electron chi connectivity index (χ2n) is 4.31. The zero-order valence-corrected chi connectivity index (χ0v) is 8.90. The first-order chi connectivity index (χ1) is 6.99. The first kappa shape index (κ1) is 10.2. The number of hydrogen-bond donors (Lipinski definition) is 2. The van der Waals surface area contributed by atoms with Crippen molar-refractivity contribution in [2.24, 2.45) is 5.73 Å². The summed E-state index contributed by atoms with van der Waals surface area (Å²) in [4.78, 5) is 11.3. The Morgan fingerprint density at radius 3 is 2.00 bits per heavy atom. The Morgan fingerprint density at radius 2 is 1.67 bits per heavy atom. The van der Waals surface area contributed by atoms with Crippen LogP contribution in [0.25, 0.3) is 0 Å². The van der Waals surface area contributed by atoms with E-state index in [-0.39, 0.29) is 11.8 Å². The van der Waals surface area contributed by atoms with Gasteiger partial charge < -0.3 is 10.8 Å². The lowest BCUT2D eigenvalue weighted by Crippen LogP contribution is -2.52. The summed E-state index contributed by atoms with van der Waals surface area (Å²) in [7, 11) is 0. The summed E-state index contributed by atoms with van der Waals surface area (Å²) in [5.74, 6) is -1.19. The number of fused-ring (bicyclic) bond motifs is 1. The average Bonchev–Trinajstić information content (AvgIpc) is 2.43. The zero-order chi connectivity index (χ0) is 11.2. The van der Waals surface area contributed by atoms with Gasteiger partial charge in [0.05, 0.1) is 0 Å². The van der Waals surface area contributed by atoms with Gasteiger partial charge in [-0.3, -0.25) is 4.79 Å². The molecule has 0 saturated carbocycles. The normalized spacial score (nSPS) is 33.8. The Bertz CT molecular complexity index is 385. The Morgan fingerprint density at radius 1 is 1.27 bits per heavy atom. The van der Waals surface area contributed by atoms with Crippen LogP contribution in [0.15, 0.2) is 24.3 Å². The molecule has 0 radical (unpaired) electrons. The SMILES string of the molecule is C[C@@H]1c2ccccc2[C@H](C)C1(N)C(=O)O. The first-order valence-electron chi connectivity index (χ1n) is 5.10. The van der Waals surface area contributed by atoms with Gasteiger partial charge in [-0.15, -0.1) is 0 Å². The molecule has 3 atom stereocenters. The van der Waals surface area contributed by atoms with Gasteiger partial charge in [-0.1, -0.05) is 38.1 Å². The number of carboxylic acids is 1. The number of carboxylic acid groups (broad SMARTS) is 1. The predicted octanol–water partition coefficient (Wildman–Crippen LogP) is 1.69. The third-order valence-electron chi connectivity index (χ3n) is 3.73. The summed E-state index contributed by atoms with van der Waals surface area (Å²) >= 11 is 0. The molecule has 0 heterocycles. The van der Waals surface area contributed by atoms with E-state index >= 15 is 0 Å². The fraction of sp³-hybridized carbons (Fsp3) is 0.417. The number of carbonyl (C=O) groups is 1. The molecule has 0 saturated heterocycles. The van der Waals surface area contributed by atoms with Gasteiger partial charge in [-0.05, 0) is 11.1 Å². The number of rotatable bonds is 1. The lowest BCUT2D eigenvalue weighted by atomic mass is 9.81. The third kappa shape index (κ3) is 1.13. The molecule has 1 aromatic rings. The molecule has 0 spiro atoms. The minimum atomic E-state index is -1.16. The van der Waals surface area contributed by atoms with Gasteiger partial charge >= 0.3 is 5.97 Å². The van der Waals surface area contributed by atoms with E-state index in [0.29, 0.717) is 0 Å². The van der Waals surface area contributed by atoms with Crippen LogP contribution in [0, 0.1) is 0 Å². The fourth-order valence-corrected chi connectivity index (χ4v) is 2.56. The highest BCUT2D eigenvalue weighted by Gasteiger charge is 2.51. The van der Waals surface area contributed by atoms with Gasteiger partial charge in [0, 0.05) is 11.8 Å². The Hall–Kier alpha value is -1.35. The van der Waals surface area contributed by atoms with Gasteiger partial charge in [0.25, 0.3) is 0 Å². The molecule has 0 bridgehead atoms. The predicted molar refractivity (Wildman–Crippen MR) is 57.8 cm³/mol. The van der Waals surface area contributed by atoms with Crippen LogP contribution < -0.4 is 5.73 Å². The van der Waals surface area contributed by atoms with Crippen LogP contribution in [-0.2, 0) is 4.79 Å². The highest BCUT2D eigenvalue weighted by Crippen LogP contribution is 2.47. The number of hydrogen-bond acceptors (Lipinski definition) is 2. The molecule has 3 nitrogen and oxygen atoms in total. The summed E-state index contributed by atoms with van der Waals surface area (Å²) in [6.07, 6.45) is 0. The number of benzene rings is 1. The van der Waals surface area contributed by atoms with E-state index in [4.69, 9.17) is 5.73 Å². The maximum absolute atomic E-state index is 11.3. The molecule has 80 valence electrons. The van der Waals surface area contributed by atoms with Crippen molar-refractivity contribution in [2.45, 2.75) is 31.2 Å². The molecule has 2 rings (SSSR count). The number of nitrogens with two attached hydrogens (primary N) is 1. The largest absolute Gasteiger partial charge is 0.480 e. The van der Waals surface area contributed by atoms with E-state index < -0.39 is 11.5 Å². The summed E-state index contributed by atoms with van der Waals surface area (Å²) in [5, 5.41) is 9.26. The standard InChI is InChI=1S/C12H15NO2/c1-7-9-5-3-4-6-10(9)8(2)12(7,13)11(14)15/h3-8H,13H2,1-2H3,(H,14,15)/t7-,8+,12?. The zero-order valence-electron chi connectivity index (χ0n) is 8.90. The first-order valence-corrected chi connectivity index (χ1v) is 5.10. The smallest absolute Gasteiger partial charge is 0.324 e. The van der Waals surface area contributed by atoms with Crippen molar-refractivity contribution in [3.63, 3.8) is 0 Å². The Kier molecular flexibility index (Phi) is 2.08. The van der Waals surface area contributed by atoms with E-state index in [1.807, 2.05) is 38.1 Å². The van der Waals surface area contributed by atoms with E-state index in [9.17, 15) is 9.90 Å². The Balaban J connectivity index is 2.59. The van der Waals surface area contributed by atoms with Crippen LogP contribution >= 0.6 is 0 Å². The molecule has 3 heteroatoms. The van der Waals surface area contributed by atoms with Crippen molar-refractivity contribution in [3.05, 3.63) is 35.4 Å². The fourth-order valence-electron chi connectivity index (χ4n) is 2.56. The topological polar surface area (TPSA) is 63.3 Å². The van der Waals surface area contributed by atoms with Crippen molar-refractivity contribution in [1.82, 2.24) is 0 Å². The van der Waals surface area contributed by atoms with E-state index in [0.717, 1.165) is 11.1 Å². The van der Waals surface area contributed by atoms with Gasteiger partial charge in [-0.2, -0.15) is 0 Å². The minimum Gasteiger partial charge on any atom is -0.480 e. The summed E-state index contributed by atoms with van der Waals surface area (Å²) < 4.78 is 0. The van der Waals surface area contributed by atoms with Gasteiger partial charge in [0.1, 0.15) is 5.54 Å². The molecule has 1 unspecified atom stereocenters. The average molecular weight is 205 g/mol. The maximum Gasteiger partial charge on any atom is 0.324 e. The van der Waals surface area contributed by atoms with Crippen molar-refractivity contribution in [3.8, 4) is 0 Å². The Labute approximate surface area is 88.9 Å².